The first-order chi connectivity index (χ1) is 9.56. The van der Waals surface area contributed by atoms with Crippen LogP contribution in [0.3, 0.4) is 0 Å². The van der Waals surface area contributed by atoms with E-state index in [1.807, 2.05) is 13.0 Å². The molecule has 0 atom stereocenters. The van der Waals surface area contributed by atoms with Gasteiger partial charge in [-0.25, -0.2) is 4.79 Å². The summed E-state index contributed by atoms with van der Waals surface area (Å²) < 4.78 is 11.6. The summed E-state index contributed by atoms with van der Waals surface area (Å²) in [5.74, 6) is 0.776. The maximum atomic E-state index is 11.5. The normalized spacial score (nSPS) is 16.1. The average Bonchev–Trinajstić information content (AvgIpc) is 2.71. The van der Waals surface area contributed by atoms with Crippen molar-refractivity contribution >= 4 is 33.7 Å². The molecule has 1 heterocycles. The summed E-state index contributed by atoms with van der Waals surface area (Å²) in [5.41, 5.74) is 1.79. The first-order valence-corrected chi connectivity index (χ1v) is 6.84. The van der Waals surface area contributed by atoms with E-state index in [9.17, 15) is 4.79 Å². The van der Waals surface area contributed by atoms with Crippen molar-refractivity contribution in [1.82, 2.24) is 0 Å². The first-order valence-electron chi connectivity index (χ1n) is 6.05. The molecule has 0 radical (unpaired) electrons. The smallest absolute Gasteiger partial charge is 0.367 e. The Balaban J connectivity index is 2.45. The fourth-order valence-corrected chi connectivity index (χ4v) is 2.44. The van der Waals surface area contributed by atoms with Crippen LogP contribution in [0, 0.1) is 0 Å². The molecule has 1 aromatic rings. The zero-order valence-corrected chi connectivity index (χ0v) is 13.0. The van der Waals surface area contributed by atoms with Gasteiger partial charge >= 0.3 is 5.97 Å². The van der Waals surface area contributed by atoms with Crippen LogP contribution >= 0.6 is 15.9 Å². The molecule has 0 N–H and O–H groups in total. The quantitative estimate of drug-likeness (QED) is 0.624. The Hall–Kier alpha value is -1.82. The lowest BCUT2D eigenvalue weighted by atomic mass is 10.1. The molecule has 1 aromatic carbocycles. The molecule has 106 valence electrons. The molecule has 0 unspecified atom stereocenters. The maximum absolute atomic E-state index is 11.5. The summed E-state index contributed by atoms with van der Waals surface area (Å²) in [4.78, 5) is 16.2. The molecule has 0 bridgehead atoms. The van der Waals surface area contributed by atoms with E-state index in [1.54, 1.807) is 26.2 Å². The summed E-state index contributed by atoms with van der Waals surface area (Å²) >= 11 is 3.43. The van der Waals surface area contributed by atoms with E-state index in [0.29, 0.717) is 29.4 Å². The van der Waals surface area contributed by atoms with Crippen LogP contribution < -0.4 is 9.47 Å². The van der Waals surface area contributed by atoms with Crippen LogP contribution in [0.25, 0.3) is 6.08 Å². The molecule has 0 aliphatic carbocycles. The molecule has 5 nitrogen and oxygen atoms in total. The van der Waals surface area contributed by atoms with Crippen LogP contribution in [0.4, 0.5) is 0 Å². The molecule has 1 aliphatic rings. The third-order valence-corrected chi connectivity index (χ3v) is 3.31. The molecule has 0 amide bonds. The van der Waals surface area contributed by atoms with E-state index in [-0.39, 0.29) is 0 Å². The van der Waals surface area contributed by atoms with E-state index in [0.717, 1.165) is 10.0 Å². The van der Waals surface area contributed by atoms with E-state index in [1.165, 1.54) is 0 Å². The summed E-state index contributed by atoms with van der Waals surface area (Å²) in [6.45, 7) is 4.13. The monoisotopic (exact) mass is 339 g/mol. The predicted octanol–water partition coefficient (Wildman–Crippen LogP) is 3.17. The average molecular weight is 340 g/mol. The van der Waals surface area contributed by atoms with Crippen molar-refractivity contribution in [2.45, 2.75) is 13.8 Å². The SMILES string of the molecule is CCOc1cc(/C=C2\C(=O)ON=C2C)cc(Br)c1OC. The first kappa shape index (κ1) is 14.6. The third-order valence-electron chi connectivity index (χ3n) is 2.72. The van der Waals surface area contributed by atoms with Gasteiger partial charge in [0, 0.05) is 0 Å². The third kappa shape index (κ3) is 2.85. The largest absolute Gasteiger partial charge is 0.492 e. The van der Waals surface area contributed by atoms with Crippen molar-refractivity contribution in [1.29, 1.82) is 0 Å². The van der Waals surface area contributed by atoms with Gasteiger partial charge in [0.15, 0.2) is 11.5 Å². The van der Waals surface area contributed by atoms with Gasteiger partial charge in [-0.1, -0.05) is 5.16 Å². The van der Waals surface area contributed by atoms with Crippen molar-refractivity contribution in [3.8, 4) is 11.5 Å². The molecule has 0 saturated carbocycles. The van der Waals surface area contributed by atoms with E-state index >= 15 is 0 Å². The Morgan fingerprint density at radius 2 is 2.20 bits per heavy atom. The number of oxime groups is 1. The highest BCUT2D eigenvalue weighted by atomic mass is 79.9. The number of rotatable bonds is 4. The van der Waals surface area contributed by atoms with Gasteiger partial charge in [-0.2, -0.15) is 0 Å². The van der Waals surface area contributed by atoms with E-state index in [2.05, 4.69) is 25.9 Å². The molecular formula is C14H14BrNO4. The van der Waals surface area contributed by atoms with Gasteiger partial charge in [0.05, 0.1) is 29.5 Å². The van der Waals surface area contributed by atoms with Gasteiger partial charge in [0.2, 0.25) is 0 Å². The van der Waals surface area contributed by atoms with Gasteiger partial charge in [-0.15, -0.1) is 0 Å². The van der Waals surface area contributed by atoms with Crippen LogP contribution in [0.2, 0.25) is 0 Å². The minimum absolute atomic E-state index is 0.435. The fraction of sp³-hybridized carbons (Fsp3) is 0.286. The zero-order valence-electron chi connectivity index (χ0n) is 11.4. The van der Waals surface area contributed by atoms with Gasteiger partial charge in [0.1, 0.15) is 0 Å². The van der Waals surface area contributed by atoms with Crippen molar-refractivity contribution in [2.24, 2.45) is 5.16 Å². The Kier molecular flexibility index (Phi) is 4.44. The van der Waals surface area contributed by atoms with Crippen LogP contribution in [-0.4, -0.2) is 25.4 Å². The number of hydrogen-bond donors (Lipinski definition) is 0. The number of hydrogen-bond acceptors (Lipinski definition) is 5. The van der Waals surface area contributed by atoms with Crippen LogP contribution in [0.5, 0.6) is 11.5 Å². The summed E-state index contributed by atoms with van der Waals surface area (Å²) in [6.07, 6.45) is 1.71. The second-order valence-electron chi connectivity index (χ2n) is 4.08. The van der Waals surface area contributed by atoms with Crippen LogP contribution in [0.1, 0.15) is 19.4 Å². The minimum Gasteiger partial charge on any atom is -0.492 e. The minimum atomic E-state index is -0.451. The Morgan fingerprint density at radius 3 is 2.75 bits per heavy atom. The Labute approximate surface area is 125 Å². The van der Waals surface area contributed by atoms with Gasteiger partial charge in [-0.3, -0.25) is 0 Å². The van der Waals surface area contributed by atoms with Crippen molar-refractivity contribution < 1.29 is 19.1 Å². The number of methoxy groups -OCH3 is 1. The van der Waals surface area contributed by atoms with Crippen LogP contribution in [-0.2, 0) is 9.63 Å². The molecule has 0 spiro atoms. The molecule has 6 heteroatoms. The topological polar surface area (TPSA) is 57.1 Å². The van der Waals surface area contributed by atoms with Gasteiger partial charge in [0.25, 0.3) is 0 Å². The highest BCUT2D eigenvalue weighted by Crippen LogP contribution is 2.37. The molecule has 2 rings (SSSR count). The molecule has 1 aliphatic heterocycles. The zero-order chi connectivity index (χ0) is 14.7. The number of benzene rings is 1. The lowest BCUT2D eigenvalue weighted by Crippen LogP contribution is -2.02. The molecule has 0 saturated heterocycles. The summed E-state index contributed by atoms with van der Waals surface area (Å²) in [6, 6.07) is 3.65. The Bertz CT molecular complexity index is 607. The summed E-state index contributed by atoms with van der Waals surface area (Å²) in [7, 11) is 1.58. The van der Waals surface area contributed by atoms with Gasteiger partial charge < -0.3 is 14.3 Å². The van der Waals surface area contributed by atoms with E-state index in [4.69, 9.17) is 9.47 Å². The fourth-order valence-electron chi connectivity index (χ4n) is 1.82. The van der Waals surface area contributed by atoms with Crippen molar-refractivity contribution in [3.63, 3.8) is 0 Å². The molecule has 0 aromatic heterocycles. The summed E-state index contributed by atoms with van der Waals surface area (Å²) in [5, 5.41) is 3.64. The highest BCUT2D eigenvalue weighted by Gasteiger charge is 2.22. The second-order valence-corrected chi connectivity index (χ2v) is 4.93. The number of carbonyl (C=O) groups is 1. The lowest BCUT2D eigenvalue weighted by molar-refractivity contribution is -0.136. The standard InChI is InChI=1S/C14H14BrNO4/c1-4-19-12-7-9(6-11(15)13(12)18-3)5-10-8(2)16-20-14(10)17/h5-7H,4H2,1-3H3/b10-5-. The van der Waals surface area contributed by atoms with Crippen molar-refractivity contribution in [3.05, 3.63) is 27.7 Å². The lowest BCUT2D eigenvalue weighted by Gasteiger charge is -2.12. The Morgan fingerprint density at radius 1 is 1.45 bits per heavy atom. The molecular weight excluding hydrogens is 326 g/mol. The number of nitrogens with zero attached hydrogens (tertiary/aromatic N) is 1. The number of halogens is 1. The number of ether oxygens (including phenoxy) is 2. The predicted molar refractivity (Wildman–Crippen MR) is 79.0 cm³/mol. The van der Waals surface area contributed by atoms with Crippen molar-refractivity contribution in [2.75, 3.05) is 13.7 Å². The molecule has 20 heavy (non-hydrogen) atoms. The van der Waals surface area contributed by atoms with Crippen LogP contribution in [0.15, 0.2) is 27.3 Å². The highest BCUT2D eigenvalue weighted by molar-refractivity contribution is 9.10. The van der Waals surface area contributed by atoms with E-state index < -0.39 is 5.97 Å². The number of carbonyl (C=O) groups excluding carboxylic acids is 1. The molecule has 0 fully saturated rings. The maximum Gasteiger partial charge on any atom is 0.367 e. The second kappa shape index (κ2) is 6.09. The van der Waals surface area contributed by atoms with Gasteiger partial charge in [-0.05, 0) is 53.5 Å².